The number of amides is 3. The van der Waals surface area contributed by atoms with Gasteiger partial charge in [0.2, 0.25) is 0 Å². The quantitative estimate of drug-likeness (QED) is 0.603. The molecule has 0 radical (unpaired) electrons. The minimum absolute atomic E-state index is 0.268. The van der Waals surface area contributed by atoms with Gasteiger partial charge >= 0.3 is 12.0 Å². The Morgan fingerprint density at radius 3 is 2.30 bits per heavy atom. The van der Waals surface area contributed by atoms with E-state index in [1.165, 1.54) is 0 Å². The van der Waals surface area contributed by atoms with Crippen LogP contribution in [0.25, 0.3) is 0 Å². The van der Waals surface area contributed by atoms with Crippen LogP contribution in [0, 0.1) is 0 Å². The zero-order chi connectivity index (χ0) is 15.1. The van der Waals surface area contributed by atoms with Crippen molar-refractivity contribution in [2.24, 2.45) is 5.73 Å². The number of urea groups is 1. The molecule has 0 unspecified atom stereocenters. The number of benzene rings is 1. The van der Waals surface area contributed by atoms with Crippen molar-refractivity contribution in [3.05, 3.63) is 35.4 Å². The number of nitrogens with two attached hydrogens (primary N) is 1. The number of primary amides is 1. The summed E-state index contributed by atoms with van der Waals surface area (Å²) in [5, 5.41) is 13.7. The van der Waals surface area contributed by atoms with Gasteiger partial charge < -0.3 is 21.5 Å². The Labute approximate surface area is 116 Å². The lowest BCUT2D eigenvalue weighted by atomic mass is 10.1. The van der Waals surface area contributed by atoms with Crippen LogP contribution in [-0.2, 0) is 11.3 Å². The lowest BCUT2D eigenvalue weighted by Gasteiger charge is -2.12. The summed E-state index contributed by atoms with van der Waals surface area (Å²) in [6.45, 7) is 1.95. The van der Waals surface area contributed by atoms with Crippen LogP contribution in [0.1, 0.15) is 29.3 Å². The van der Waals surface area contributed by atoms with Gasteiger partial charge in [0.15, 0.2) is 0 Å². The molecule has 0 aliphatic heterocycles. The standard InChI is InChI=1S/C13H17N3O4/c1-2-10(12(18)19)16-11(17)9-5-3-8(4-6-9)7-15-13(14)20/h3-6,10H,2,7H2,1H3,(H,16,17)(H,18,19)(H3,14,15,20)/t10-/m0/s1. The Bertz CT molecular complexity index is 499. The molecule has 0 heterocycles. The number of carboxylic acid groups (broad SMARTS) is 1. The molecule has 0 bridgehead atoms. The van der Waals surface area contributed by atoms with Gasteiger partial charge in [-0.15, -0.1) is 0 Å². The first-order chi connectivity index (χ1) is 9.43. The van der Waals surface area contributed by atoms with E-state index in [2.05, 4.69) is 10.6 Å². The molecular formula is C13H17N3O4. The first-order valence-corrected chi connectivity index (χ1v) is 6.10. The van der Waals surface area contributed by atoms with E-state index < -0.39 is 23.9 Å². The largest absolute Gasteiger partial charge is 0.480 e. The topological polar surface area (TPSA) is 122 Å². The molecule has 0 aliphatic rings. The first kappa shape index (κ1) is 15.5. The van der Waals surface area contributed by atoms with Crippen LogP contribution >= 0.6 is 0 Å². The molecule has 20 heavy (non-hydrogen) atoms. The number of nitrogens with one attached hydrogen (secondary N) is 2. The number of carbonyl (C=O) groups is 3. The summed E-state index contributed by atoms with van der Waals surface area (Å²) >= 11 is 0. The average molecular weight is 279 g/mol. The van der Waals surface area contributed by atoms with Gasteiger partial charge in [-0.1, -0.05) is 19.1 Å². The van der Waals surface area contributed by atoms with Crippen LogP contribution in [-0.4, -0.2) is 29.1 Å². The van der Waals surface area contributed by atoms with Crippen molar-refractivity contribution in [1.29, 1.82) is 0 Å². The summed E-state index contributed by atoms with van der Waals surface area (Å²) in [6.07, 6.45) is 0.307. The van der Waals surface area contributed by atoms with Crippen molar-refractivity contribution in [2.75, 3.05) is 0 Å². The minimum atomic E-state index is -1.07. The molecule has 5 N–H and O–H groups in total. The van der Waals surface area contributed by atoms with Gasteiger partial charge in [0.05, 0.1) is 0 Å². The van der Waals surface area contributed by atoms with Gasteiger partial charge in [-0.3, -0.25) is 4.79 Å². The van der Waals surface area contributed by atoms with E-state index in [0.29, 0.717) is 12.0 Å². The summed E-state index contributed by atoms with van der Waals surface area (Å²) in [5.74, 6) is -1.52. The fourth-order valence-electron chi connectivity index (χ4n) is 1.54. The Morgan fingerprint density at radius 2 is 1.85 bits per heavy atom. The third-order valence-electron chi connectivity index (χ3n) is 2.69. The van der Waals surface area contributed by atoms with Gasteiger partial charge in [-0.25, -0.2) is 9.59 Å². The maximum absolute atomic E-state index is 11.8. The lowest BCUT2D eigenvalue weighted by Crippen LogP contribution is -2.40. The van der Waals surface area contributed by atoms with E-state index in [-0.39, 0.29) is 6.54 Å². The predicted molar refractivity (Wildman–Crippen MR) is 72.0 cm³/mol. The SMILES string of the molecule is CC[C@H](NC(=O)c1ccc(CNC(N)=O)cc1)C(=O)O. The van der Waals surface area contributed by atoms with Crippen molar-refractivity contribution in [1.82, 2.24) is 10.6 Å². The van der Waals surface area contributed by atoms with E-state index in [4.69, 9.17) is 10.8 Å². The molecule has 3 amide bonds. The molecule has 1 aromatic rings. The summed E-state index contributed by atoms with van der Waals surface area (Å²) in [4.78, 5) is 33.2. The predicted octanol–water partition coefficient (Wildman–Crippen LogP) is 0.448. The van der Waals surface area contributed by atoms with E-state index in [1.54, 1.807) is 31.2 Å². The highest BCUT2D eigenvalue weighted by molar-refractivity contribution is 5.96. The van der Waals surface area contributed by atoms with Crippen LogP contribution < -0.4 is 16.4 Å². The zero-order valence-corrected chi connectivity index (χ0v) is 11.1. The summed E-state index contributed by atoms with van der Waals surface area (Å²) in [5.41, 5.74) is 6.08. The van der Waals surface area contributed by atoms with E-state index in [1.807, 2.05) is 0 Å². The highest BCUT2D eigenvalue weighted by atomic mass is 16.4. The molecule has 1 aromatic carbocycles. The van der Waals surface area contributed by atoms with E-state index in [0.717, 1.165) is 5.56 Å². The van der Waals surface area contributed by atoms with Crippen LogP contribution in [0.3, 0.4) is 0 Å². The molecule has 1 rings (SSSR count). The number of carbonyl (C=O) groups excluding carboxylic acids is 2. The van der Waals surface area contributed by atoms with Gasteiger partial charge in [0.1, 0.15) is 6.04 Å². The molecule has 0 fully saturated rings. The molecule has 7 heteroatoms. The first-order valence-electron chi connectivity index (χ1n) is 6.10. The van der Waals surface area contributed by atoms with Crippen molar-refractivity contribution in [3.63, 3.8) is 0 Å². The molecular weight excluding hydrogens is 262 g/mol. The maximum atomic E-state index is 11.8. The monoisotopic (exact) mass is 279 g/mol. The zero-order valence-electron chi connectivity index (χ0n) is 11.1. The van der Waals surface area contributed by atoms with Crippen LogP contribution in [0.4, 0.5) is 4.79 Å². The average Bonchev–Trinajstić information content (AvgIpc) is 2.42. The smallest absolute Gasteiger partial charge is 0.326 e. The Kier molecular flexibility index (Phi) is 5.52. The number of rotatable bonds is 6. The van der Waals surface area contributed by atoms with Crippen molar-refractivity contribution in [2.45, 2.75) is 25.9 Å². The molecule has 0 spiro atoms. The van der Waals surface area contributed by atoms with Crippen molar-refractivity contribution >= 4 is 17.9 Å². The molecule has 0 aliphatic carbocycles. The van der Waals surface area contributed by atoms with Crippen LogP contribution in [0.5, 0.6) is 0 Å². The van der Waals surface area contributed by atoms with Crippen LogP contribution in [0.2, 0.25) is 0 Å². The second kappa shape index (κ2) is 7.13. The third-order valence-corrected chi connectivity index (χ3v) is 2.69. The molecule has 0 saturated heterocycles. The Balaban J connectivity index is 2.65. The minimum Gasteiger partial charge on any atom is -0.480 e. The second-order valence-corrected chi connectivity index (χ2v) is 4.19. The number of aliphatic carboxylic acids is 1. The number of hydrogen-bond acceptors (Lipinski definition) is 3. The molecule has 0 saturated carbocycles. The molecule has 7 nitrogen and oxygen atoms in total. The Morgan fingerprint density at radius 1 is 1.25 bits per heavy atom. The highest BCUT2D eigenvalue weighted by Crippen LogP contribution is 2.05. The number of carboxylic acids is 1. The highest BCUT2D eigenvalue weighted by Gasteiger charge is 2.18. The van der Waals surface area contributed by atoms with Gasteiger partial charge in [0, 0.05) is 12.1 Å². The van der Waals surface area contributed by atoms with Gasteiger partial charge in [0.25, 0.3) is 5.91 Å². The van der Waals surface area contributed by atoms with Gasteiger partial charge in [-0.05, 0) is 24.1 Å². The fourth-order valence-corrected chi connectivity index (χ4v) is 1.54. The van der Waals surface area contributed by atoms with Crippen molar-refractivity contribution < 1.29 is 19.5 Å². The van der Waals surface area contributed by atoms with Gasteiger partial charge in [-0.2, -0.15) is 0 Å². The van der Waals surface area contributed by atoms with E-state index in [9.17, 15) is 14.4 Å². The summed E-state index contributed by atoms with van der Waals surface area (Å²) < 4.78 is 0. The van der Waals surface area contributed by atoms with Crippen molar-refractivity contribution in [3.8, 4) is 0 Å². The third kappa shape index (κ3) is 4.60. The fraction of sp³-hybridized carbons (Fsp3) is 0.308. The number of hydrogen-bond donors (Lipinski definition) is 4. The normalized spacial score (nSPS) is 11.4. The summed E-state index contributed by atoms with van der Waals surface area (Å²) in [7, 11) is 0. The van der Waals surface area contributed by atoms with E-state index >= 15 is 0 Å². The van der Waals surface area contributed by atoms with Crippen LogP contribution in [0.15, 0.2) is 24.3 Å². The maximum Gasteiger partial charge on any atom is 0.326 e. The molecule has 0 aromatic heterocycles. The molecule has 108 valence electrons. The summed E-state index contributed by atoms with van der Waals surface area (Å²) in [6, 6.07) is 4.90. The Hall–Kier alpha value is -2.57. The molecule has 1 atom stereocenters. The lowest BCUT2D eigenvalue weighted by molar-refractivity contribution is -0.139. The second-order valence-electron chi connectivity index (χ2n) is 4.19.